The number of hydrogen-bond donors (Lipinski definition) is 1. The summed E-state index contributed by atoms with van der Waals surface area (Å²) in [6.45, 7) is 3.84. The summed E-state index contributed by atoms with van der Waals surface area (Å²) in [5.74, 6) is 0.819. The van der Waals surface area contributed by atoms with Crippen LogP contribution in [-0.4, -0.2) is 15.1 Å². The zero-order chi connectivity index (χ0) is 8.27. The summed E-state index contributed by atoms with van der Waals surface area (Å²) < 4.78 is 0. The number of aryl methyl sites for hydroxylation is 2. The lowest BCUT2D eigenvalue weighted by molar-refractivity contribution is 0.444. The van der Waals surface area contributed by atoms with E-state index in [0.717, 1.165) is 24.2 Å². The lowest BCUT2D eigenvalue weighted by Gasteiger charge is -1.99. The molecule has 0 amide bonds. The van der Waals surface area contributed by atoms with Crippen LogP contribution in [0.1, 0.15) is 24.7 Å². The predicted molar refractivity (Wildman–Crippen MR) is 42.4 cm³/mol. The van der Waals surface area contributed by atoms with E-state index in [1.165, 1.54) is 0 Å². The van der Waals surface area contributed by atoms with E-state index in [1.807, 2.05) is 0 Å². The summed E-state index contributed by atoms with van der Waals surface area (Å²) in [5, 5.41) is 9.18. The third-order valence-electron chi connectivity index (χ3n) is 1.47. The second-order valence-electron chi connectivity index (χ2n) is 2.54. The highest BCUT2D eigenvalue weighted by Crippen LogP contribution is 2.10. The molecule has 3 nitrogen and oxygen atoms in total. The average Bonchev–Trinajstić information content (AvgIpc) is 1.98. The van der Waals surface area contributed by atoms with Crippen molar-refractivity contribution in [2.45, 2.75) is 26.7 Å². The largest absolute Gasteiger partial charge is 0.493 e. The first-order chi connectivity index (χ1) is 5.24. The molecule has 1 aromatic heterocycles. The summed E-state index contributed by atoms with van der Waals surface area (Å²) in [6, 6.07) is 0. The minimum Gasteiger partial charge on any atom is -0.493 e. The Morgan fingerprint density at radius 2 is 2.27 bits per heavy atom. The van der Waals surface area contributed by atoms with Gasteiger partial charge >= 0.3 is 0 Å². The van der Waals surface area contributed by atoms with Crippen LogP contribution in [-0.2, 0) is 6.42 Å². The number of aromatic hydroxyl groups is 1. The van der Waals surface area contributed by atoms with Gasteiger partial charge in [-0.05, 0) is 13.3 Å². The molecule has 3 heteroatoms. The highest BCUT2D eigenvalue weighted by Gasteiger charge is 1.99. The van der Waals surface area contributed by atoms with Gasteiger partial charge in [-0.2, -0.15) is 4.98 Å². The second-order valence-corrected chi connectivity index (χ2v) is 2.54. The van der Waals surface area contributed by atoms with Crippen molar-refractivity contribution >= 4 is 0 Å². The van der Waals surface area contributed by atoms with E-state index in [2.05, 4.69) is 16.9 Å². The molecule has 60 valence electrons. The first-order valence-electron chi connectivity index (χ1n) is 3.75. The van der Waals surface area contributed by atoms with Crippen molar-refractivity contribution in [2.24, 2.45) is 0 Å². The Morgan fingerprint density at radius 1 is 1.55 bits per heavy atom. The standard InChI is InChI=1S/C8H12N2O/c1-3-4-7-9-5-6(2)8(11)10-7/h5H,3-4H2,1-2H3,(H,9,10,11). The monoisotopic (exact) mass is 152 g/mol. The van der Waals surface area contributed by atoms with E-state index >= 15 is 0 Å². The molecule has 1 heterocycles. The number of aromatic nitrogens is 2. The zero-order valence-electron chi connectivity index (χ0n) is 6.83. The molecule has 0 aliphatic heterocycles. The van der Waals surface area contributed by atoms with Crippen molar-refractivity contribution in [3.63, 3.8) is 0 Å². The topological polar surface area (TPSA) is 46.0 Å². The molecule has 0 fully saturated rings. The van der Waals surface area contributed by atoms with Crippen LogP contribution in [0.4, 0.5) is 0 Å². The Labute approximate surface area is 66.1 Å². The molecular formula is C8H12N2O. The Kier molecular flexibility index (Phi) is 2.41. The number of nitrogens with zero attached hydrogens (tertiary/aromatic N) is 2. The van der Waals surface area contributed by atoms with Crippen molar-refractivity contribution in [3.05, 3.63) is 17.6 Å². The van der Waals surface area contributed by atoms with E-state index in [-0.39, 0.29) is 5.88 Å². The highest BCUT2D eigenvalue weighted by molar-refractivity contribution is 5.19. The maximum Gasteiger partial charge on any atom is 0.217 e. The van der Waals surface area contributed by atoms with Gasteiger partial charge in [0.05, 0.1) is 0 Å². The lowest BCUT2D eigenvalue weighted by atomic mass is 10.3. The van der Waals surface area contributed by atoms with Gasteiger partial charge in [0.25, 0.3) is 0 Å². The lowest BCUT2D eigenvalue weighted by Crippen LogP contribution is -1.94. The fourth-order valence-corrected chi connectivity index (χ4v) is 0.812. The average molecular weight is 152 g/mol. The van der Waals surface area contributed by atoms with Crippen LogP contribution >= 0.6 is 0 Å². The Hall–Kier alpha value is -1.12. The van der Waals surface area contributed by atoms with Crippen molar-refractivity contribution in [1.82, 2.24) is 9.97 Å². The SMILES string of the molecule is CCCc1ncc(C)c(O)n1. The Morgan fingerprint density at radius 3 is 2.82 bits per heavy atom. The quantitative estimate of drug-likeness (QED) is 0.697. The van der Waals surface area contributed by atoms with Crippen molar-refractivity contribution in [3.8, 4) is 5.88 Å². The summed E-state index contributed by atoms with van der Waals surface area (Å²) in [5.41, 5.74) is 0.727. The van der Waals surface area contributed by atoms with Gasteiger partial charge in [0.15, 0.2) is 0 Å². The van der Waals surface area contributed by atoms with Crippen LogP contribution in [0.5, 0.6) is 5.88 Å². The third-order valence-corrected chi connectivity index (χ3v) is 1.47. The van der Waals surface area contributed by atoms with Crippen LogP contribution in [0.25, 0.3) is 0 Å². The minimum absolute atomic E-state index is 0.100. The smallest absolute Gasteiger partial charge is 0.217 e. The van der Waals surface area contributed by atoms with Gasteiger partial charge in [-0.25, -0.2) is 4.98 Å². The maximum absolute atomic E-state index is 9.18. The van der Waals surface area contributed by atoms with Crippen LogP contribution < -0.4 is 0 Å². The van der Waals surface area contributed by atoms with Gasteiger partial charge in [-0.15, -0.1) is 0 Å². The molecule has 0 aliphatic carbocycles. The molecule has 1 rings (SSSR count). The first kappa shape index (κ1) is 7.98. The Balaban J connectivity index is 2.86. The molecule has 1 aromatic rings. The van der Waals surface area contributed by atoms with Gasteiger partial charge in [0.1, 0.15) is 5.82 Å². The predicted octanol–water partition coefficient (Wildman–Crippen LogP) is 1.44. The maximum atomic E-state index is 9.18. The summed E-state index contributed by atoms with van der Waals surface area (Å²) in [7, 11) is 0. The van der Waals surface area contributed by atoms with E-state index < -0.39 is 0 Å². The fourth-order valence-electron chi connectivity index (χ4n) is 0.812. The molecule has 0 aromatic carbocycles. The van der Waals surface area contributed by atoms with Gasteiger partial charge in [0, 0.05) is 18.2 Å². The number of hydrogen-bond acceptors (Lipinski definition) is 3. The van der Waals surface area contributed by atoms with Gasteiger partial charge < -0.3 is 5.11 Å². The molecule has 11 heavy (non-hydrogen) atoms. The molecular weight excluding hydrogens is 140 g/mol. The van der Waals surface area contributed by atoms with Crippen molar-refractivity contribution in [1.29, 1.82) is 0 Å². The van der Waals surface area contributed by atoms with Crippen molar-refractivity contribution < 1.29 is 5.11 Å². The molecule has 0 spiro atoms. The fraction of sp³-hybridized carbons (Fsp3) is 0.500. The number of rotatable bonds is 2. The van der Waals surface area contributed by atoms with Crippen LogP contribution in [0.2, 0.25) is 0 Å². The highest BCUT2D eigenvalue weighted by atomic mass is 16.3. The molecule has 0 saturated carbocycles. The molecule has 0 aliphatic rings. The molecule has 0 atom stereocenters. The minimum atomic E-state index is 0.100. The van der Waals surface area contributed by atoms with Gasteiger partial charge in [0.2, 0.25) is 5.88 Å². The van der Waals surface area contributed by atoms with Gasteiger partial charge in [-0.3, -0.25) is 0 Å². The zero-order valence-corrected chi connectivity index (χ0v) is 6.83. The molecule has 0 radical (unpaired) electrons. The molecule has 0 saturated heterocycles. The first-order valence-corrected chi connectivity index (χ1v) is 3.75. The molecule has 0 bridgehead atoms. The summed E-state index contributed by atoms with van der Waals surface area (Å²) >= 11 is 0. The van der Waals surface area contributed by atoms with E-state index in [0.29, 0.717) is 0 Å². The van der Waals surface area contributed by atoms with E-state index in [4.69, 9.17) is 0 Å². The second kappa shape index (κ2) is 3.32. The summed E-state index contributed by atoms with van der Waals surface area (Å²) in [4.78, 5) is 7.96. The Bertz CT molecular complexity index is 248. The molecule has 0 unspecified atom stereocenters. The van der Waals surface area contributed by atoms with Crippen molar-refractivity contribution in [2.75, 3.05) is 0 Å². The van der Waals surface area contributed by atoms with Crippen LogP contribution in [0, 0.1) is 6.92 Å². The van der Waals surface area contributed by atoms with Crippen LogP contribution in [0.3, 0.4) is 0 Å². The van der Waals surface area contributed by atoms with E-state index in [9.17, 15) is 5.11 Å². The van der Waals surface area contributed by atoms with Crippen LogP contribution in [0.15, 0.2) is 6.20 Å². The summed E-state index contributed by atoms with van der Waals surface area (Å²) in [6.07, 6.45) is 3.48. The third kappa shape index (κ3) is 1.90. The van der Waals surface area contributed by atoms with E-state index in [1.54, 1.807) is 13.1 Å². The molecule has 1 N–H and O–H groups in total. The normalized spacial score (nSPS) is 10.0. The van der Waals surface area contributed by atoms with Gasteiger partial charge in [-0.1, -0.05) is 6.92 Å².